The molecule has 0 bridgehead atoms. The number of aromatic nitrogens is 1. The summed E-state index contributed by atoms with van der Waals surface area (Å²) in [6, 6.07) is 7.96. The second-order valence-electron chi connectivity index (χ2n) is 3.84. The highest BCUT2D eigenvalue weighted by molar-refractivity contribution is 7.71. The first kappa shape index (κ1) is 11.9. The molecule has 5 heteroatoms. The van der Waals surface area contributed by atoms with Crippen molar-refractivity contribution in [1.82, 2.24) is 4.98 Å². The van der Waals surface area contributed by atoms with E-state index in [1.807, 2.05) is 31.2 Å². The van der Waals surface area contributed by atoms with Crippen molar-refractivity contribution in [2.45, 2.75) is 13.0 Å². The van der Waals surface area contributed by atoms with E-state index in [1.54, 1.807) is 6.20 Å². The third-order valence-electron chi connectivity index (χ3n) is 2.42. The minimum atomic E-state index is -0.718. The molecule has 1 aromatic carbocycles. The molecule has 0 fully saturated rings. The van der Waals surface area contributed by atoms with Gasteiger partial charge in [-0.05, 0) is 31.3 Å². The molecule has 0 amide bonds. The number of aliphatic hydroxyl groups excluding tert-OH is 1. The fourth-order valence-electron chi connectivity index (χ4n) is 1.45. The topological polar surface area (TPSA) is 61.2 Å². The molecular weight excluding hydrogens is 236 g/mol. The lowest BCUT2D eigenvalue weighted by Crippen LogP contribution is -2.11. The summed E-state index contributed by atoms with van der Waals surface area (Å²) in [6.45, 7) is 2.40. The largest absolute Gasteiger partial charge is 0.432 e. The summed E-state index contributed by atoms with van der Waals surface area (Å²) in [5.74, 6) is 0.439. The van der Waals surface area contributed by atoms with Gasteiger partial charge in [0.15, 0.2) is 5.76 Å². The highest BCUT2D eigenvalue weighted by atomic mass is 32.1. The second-order valence-corrected chi connectivity index (χ2v) is 4.21. The Labute approximate surface area is 104 Å². The molecule has 2 rings (SSSR count). The van der Waals surface area contributed by atoms with Gasteiger partial charge in [-0.1, -0.05) is 17.7 Å². The molecule has 0 aliphatic heterocycles. The SMILES string of the molecule is Cc1ccc(NCC(O)c2c[nH]c(=S)o2)cc1. The average molecular weight is 250 g/mol. The summed E-state index contributed by atoms with van der Waals surface area (Å²) in [7, 11) is 0. The molecule has 0 radical (unpaired) electrons. The zero-order chi connectivity index (χ0) is 12.3. The molecule has 1 unspecified atom stereocenters. The average Bonchev–Trinajstić information content (AvgIpc) is 2.75. The van der Waals surface area contributed by atoms with E-state index in [9.17, 15) is 5.11 Å². The minimum Gasteiger partial charge on any atom is -0.432 e. The van der Waals surface area contributed by atoms with Crippen LogP contribution in [0.2, 0.25) is 0 Å². The number of aromatic amines is 1. The van der Waals surface area contributed by atoms with Crippen LogP contribution in [0.25, 0.3) is 0 Å². The summed E-state index contributed by atoms with van der Waals surface area (Å²) >= 11 is 4.79. The zero-order valence-electron chi connectivity index (χ0n) is 9.43. The smallest absolute Gasteiger partial charge is 0.266 e. The maximum Gasteiger partial charge on any atom is 0.266 e. The van der Waals surface area contributed by atoms with E-state index in [-0.39, 0.29) is 4.84 Å². The van der Waals surface area contributed by atoms with Crippen LogP contribution in [-0.2, 0) is 0 Å². The summed E-state index contributed by atoms with van der Waals surface area (Å²) in [6.07, 6.45) is 0.855. The minimum absolute atomic E-state index is 0.273. The van der Waals surface area contributed by atoms with Crippen molar-refractivity contribution in [3.63, 3.8) is 0 Å². The zero-order valence-corrected chi connectivity index (χ0v) is 10.3. The highest BCUT2D eigenvalue weighted by Crippen LogP contribution is 2.14. The van der Waals surface area contributed by atoms with Crippen molar-refractivity contribution in [2.24, 2.45) is 0 Å². The molecule has 0 aliphatic rings. The van der Waals surface area contributed by atoms with Crippen molar-refractivity contribution >= 4 is 17.9 Å². The summed E-state index contributed by atoms with van der Waals surface area (Å²) in [5, 5.41) is 12.9. The van der Waals surface area contributed by atoms with Crippen LogP contribution in [0, 0.1) is 11.8 Å². The molecule has 0 saturated carbocycles. The lowest BCUT2D eigenvalue weighted by Gasteiger charge is -2.10. The first-order valence-corrected chi connectivity index (χ1v) is 5.73. The molecule has 0 aliphatic carbocycles. The molecule has 4 nitrogen and oxygen atoms in total. The van der Waals surface area contributed by atoms with Crippen LogP contribution in [0.5, 0.6) is 0 Å². The van der Waals surface area contributed by atoms with Gasteiger partial charge in [-0.15, -0.1) is 0 Å². The number of H-pyrrole nitrogens is 1. The van der Waals surface area contributed by atoms with Gasteiger partial charge in [0.05, 0.1) is 0 Å². The van der Waals surface area contributed by atoms with Gasteiger partial charge in [-0.2, -0.15) is 0 Å². The van der Waals surface area contributed by atoms with E-state index in [0.29, 0.717) is 12.3 Å². The highest BCUT2D eigenvalue weighted by Gasteiger charge is 2.10. The monoisotopic (exact) mass is 250 g/mol. The third-order valence-corrected chi connectivity index (χ3v) is 2.62. The Bertz CT molecular complexity index is 530. The predicted molar refractivity (Wildman–Crippen MR) is 68.5 cm³/mol. The Morgan fingerprint density at radius 1 is 1.41 bits per heavy atom. The molecule has 90 valence electrons. The number of rotatable bonds is 4. The fourth-order valence-corrected chi connectivity index (χ4v) is 1.60. The quantitative estimate of drug-likeness (QED) is 0.730. The van der Waals surface area contributed by atoms with E-state index in [4.69, 9.17) is 16.6 Å². The van der Waals surface area contributed by atoms with Crippen molar-refractivity contribution in [1.29, 1.82) is 0 Å². The first-order valence-electron chi connectivity index (χ1n) is 5.32. The maximum atomic E-state index is 9.83. The Balaban J connectivity index is 1.94. The van der Waals surface area contributed by atoms with Gasteiger partial charge in [-0.3, -0.25) is 0 Å². The Hall–Kier alpha value is -1.59. The molecule has 1 heterocycles. The number of benzene rings is 1. The summed E-state index contributed by atoms with van der Waals surface area (Å²) in [4.78, 5) is 2.99. The second kappa shape index (κ2) is 5.16. The third kappa shape index (κ3) is 3.18. The lowest BCUT2D eigenvalue weighted by atomic mass is 10.2. The van der Waals surface area contributed by atoms with Crippen molar-refractivity contribution in [3.8, 4) is 0 Å². The number of aryl methyl sites for hydroxylation is 1. The molecule has 17 heavy (non-hydrogen) atoms. The number of anilines is 1. The van der Waals surface area contributed by atoms with Gasteiger partial charge in [0.2, 0.25) is 0 Å². The molecule has 0 saturated heterocycles. The normalized spacial score (nSPS) is 12.4. The van der Waals surface area contributed by atoms with Crippen molar-refractivity contribution in [3.05, 3.63) is 46.6 Å². The molecule has 1 aromatic heterocycles. The van der Waals surface area contributed by atoms with Crippen LogP contribution in [0.1, 0.15) is 17.4 Å². The van der Waals surface area contributed by atoms with E-state index in [1.165, 1.54) is 5.56 Å². The molecule has 0 spiro atoms. The predicted octanol–water partition coefficient (Wildman–Crippen LogP) is 2.79. The van der Waals surface area contributed by atoms with Gasteiger partial charge in [0, 0.05) is 18.4 Å². The standard InChI is InChI=1S/C12H14N2O2S/c1-8-2-4-9(5-3-8)13-6-10(15)11-7-14-12(17)16-11/h2-5,7,10,13,15H,6H2,1H3,(H,14,17). The Kier molecular flexibility index (Phi) is 3.61. The lowest BCUT2D eigenvalue weighted by molar-refractivity contribution is 0.161. The van der Waals surface area contributed by atoms with E-state index in [0.717, 1.165) is 5.69 Å². The number of aliphatic hydroxyl groups is 1. The number of hydrogen-bond acceptors (Lipinski definition) is 4. The number of hydrogen-bond donors (Lipinski definition) is 3. The van der Waals surface area contributed by atoms with Crippen LogP contribution in [0.3, 0.4) is 0 Å². The van der Waals surface area contributed by atoms with Gasteiger partial charge in [0.25, 0.3) is 4.84 Å². The molecular formula is C12H14N2O2S. The van der Waals surface area contributed by atoms with Gasteiger partial charge < -0.3 is 19.8 Å². The molecule has 1 atom stereocenters. The summed E-state index contributed by atoms with van der Waals surface area (Å²) < 4.78 is 5.12. The van der Waals surface area contributed by atoms with Crippen LogP contribution < -0.4 is 5.32 Å². The maximum absolute atomic E-state index is 9.83. The van der Waals surface area contributed by atoms with E-state index in [2.05, 4.69) is 10.3 Å². The van der Waals surface area contributed by atoms with Crippen LogP contribution in [-0.4, -0.2) is 16.6 Å². The first-order chi connectivity index (χ1) is 8.15. The van der Waals surface area contributed by atoms with Gasteiger partial charge >= 0.3 is 0 Å². The van der Waals surface area contributed by atoms with E-state index >= 15 is 0 Å². The molecule has 3 N–H and O–H groups in total. The van der Waals surface area contributed by atoms with Crippen LogP contribution in [0.4, 0.5) is 5.69 Å². The fraction of sp³-hybridized carbons (Fsp3) is 0.250. The number of nitrogens with one attached hydrogen (secondary N) is 2. The van der Waals surface area contributed by atoms with Crippen molar-refractivity contribution < 1.29 is 9.52 Å². The number of oxazole rings is 1. The van der Waals surface area contributed by atoms with Gasteiger partial charge in [0.1, 0.15) is 6.10 Å². The van der Waals surface area contributed by atoms with Crippen LogP contribution in [0.15, 0.2) is 34.9 Å². The van der Waals surface area contributed by atoms with Gasteiger partial charge in [-0.25, -0.2) is 0 Å². The molecule has 2 aromatic rings. The van der Waals surface area contributed by atoms with Crippen LogP contribution >= 0.6 is 12.2 Å². The van der Waals surface area contributed by atoms with E-state index < -0.39 is 6.10 Å². The summed E-state index contributed by atoms with van der Waals surface area (Å²) in [5.41, 5.74) is 2.16. The Morgan fingerprint density at radius 2 is 2.12 bits per heavy atom. The van der Waals surface area contributed by atoms with Crippen molar-refractivity contribution in [2.75, 3.05) is 11.9 Å². The Morgan fingerprint density at radius 3 is 2.71 bits per heavy atom.